The van der Waals surface area contributed by atoms with Gasteiger partial charge in [0.2, 0.25) is 5.91 Å². The van der Waals surface area contributed by atoms with E-state index in [0.29, 0.717) is 0 Å². The summed E-state index contributed by atoms with van der Waals surface area (Å²) in [5.41, 5.74) is 2.44. The van der Waals surface area contributed by atoms with Gasteiger partial charge in [0.25, 0.3) is 0 Å². The van der Waals surface area contributed by atoms with Gasteiger partial charge in [0.1, 0.15) is 0 Å². The molecule has 1 aliphatic heterocycles. The van der Waals surface area contributed by atoms with Gasteiger partial charge in [-0.15, -0.1) is 11.8 Å². The highest BCUT2D eigenvalue weighted by Gasteiger charge is 2.19. The highest BCUT2D eigenvalue weighted by atomic mass is 32.2. The molecule has 3 nitrogen and oxygen atoms in total. The molecule has 1 N–H and O–H groups in total. The predicted octanol–water partition coefficient (Wildman–Crippen LogP) is 5.28. The largest absolute Gasteiger partial charge is 0.372 e. The van der Waals surface area contributed by atoms with E-state index in [-0.39, 0.29) is 17.2 Å². The summed E-state index contributed by atoms with van der Waals surface area (Å²) in [6, 6.07) is 18.8. The summed E-state index contributed by atoms with van der Waals surface area (Å²) in [6.07, 6.45) is 2.54. The normalized spacial score (nSPS) is 17.4. The smallest absolute Gasteiger partial charge is 0.233 e. The molecule has 4 heteroatoms. The van der Waals surface area contributed by atoms with Crippen LogP contribution in [0.25, 0.3) is 0 Å². The van der Waals surface area contributed by atoms with E-state index in [9.17, 15) is 4.79 Å². The number of thioether (sulfide) groups is 1. The van der Waals surface area contributed by atoms with Gasteiger partial charge in [-0.2, -0.15) is 0 Å². The maximum Gasteiger partial charge on any atom is 0.233 e. The number of hydrogen-bond acceptors (Lipinski definition) is 3. The minimum absolute atomic E-state index is 0.00625. The highest BCUT2D eigenvalue weighted by Crippen LogP contribution is 2.26. The van der Waals surface area contributed by atoms with Crippen molar-refractivity contribution in [1.29, 1.82) is 0 Å². The molecule has 2 aromatic carbocycles. The van der Waals surface area contributed by atoms with Crippen LogP contribution in [0.1, 0.15) is 45.2 Å². The van der Waals surface area contributed by atoms with Crippen molar-refractivity contribution >= 4 is 23.4 Å². The molecule has 0 radical (unpaired) electrons. The van der Waals surface area contributed by atoms with E-state index in [4.69, 9.17) is 0 Å². The molecule has 0 bridgehead atoms. The Morgan fingerprint density at radius 2 is 1.67 bits per heavy atom. The number of piperidine rings is 1. The number of benzene rings is 2. The molecular formula is C23H30N2OS. The number of anilines is 1. The SMILES string of the molecule is CC1CCN(c2ccc(C(C)NC(=O)C(C)Sc3ccccc3)cc2)CC1. The van der Waals surface area contributed by atoms with Gasteiger partial charge < -0.3 is 10.2 Å². The van der Waals surface area contributed by atoms with Gasteiger partial charge in [-0.05, 0) is 62.4 Å². The van der Waals surface area contributed by atoms with Crippen molar-refractivity contribution < 1.29 is 4.79 Å². The molecule has 0 saturated carbocycles. The number of carbonyl (C=O) groups is 1. The highest BCUT2D eigenvalue weighted by molar-refractivity contribution is 8.00. The van der Waals surface area contributed by atoms with Crippen LogP contribution in [0, 0.1) is 5.92 Å². The van der Waals surface area contributed by atoms with E-state index in [1.807, 2.05) is 37.3 Å². The predicted molar refractivity (Wildman–Crippen MR) is 115 cm³/mol. The van der Waals surface area contributed by atoms with E-state index in [1.54, 1.807) is 11.8 Å². The summed E-state index contributed by atoms with van der Waals surface area (Å²) in [5.74, 6) is 0.914. The second-order valence-corrected chi connectivity index (χ2v) is 8.98. The van der Waals surface area contributed by atoms with Crippen LogP contribution in [0.2, 0.25) is 0 Å². The average Bonchev–Trinajstić information content (AvgIpc) is 2.69. The van der Waals surface area contributed by atoms with Crippen molar-refractivity contribution in [1.82, 2.24) is 5.32 Å². The van der Waals surface area contributed by atoms with Crippen LogP contribution in [0.4, 0.5) is 5.69 Å². The van der Waals surface area contributed by atoms with Crippen LogP contribution in [0.3, 0.4) is 0 Å². The molecule has 3 rings (SSSR count). The third kappa shape index (κ3) is 5.52. The van der Waals surface area contributed by atoms with Gasteiger partial charge in [0, 0.05) is 23.7 Å². The zero-order chi connectivity index (χ0) is 19.2. The number of rotatable bonds is 6. The first kappa shape index (κ1) is 19.8. The van der Waals surface area contributed by atoms with E-state index in [1.165, 1.54) is 18.5 Å². The first-order valence-electron chi connectivity index (χ1n) is 9.90. The molecule has 1 saturated heterocycles. The Bertz CT molecular complexity index is 724. The number of nitrogens with one attached hydrogen (secondary N) is 1. The molecular weight excluding hydrogens is 352 g/mol. The average molecular weight is 383 g/mol. The number of hydrogen-bond donors (Lipinski definition) is 1. The van der Waals surface area contributed by atoms with E-state index >= 15 is 0 Å². The number of carbonyl (C=O) groups excluding carboxylic acids is 1. The zero-order valence-electron chi connectivity index (χ0n) is 16.5. The third-order valence-electron chi connectivity index (χ3n) is 5.33. The van der Waals surface area contributed by atoms with Crippen LogP contribution in [0.15, 0.2) is 59.5 Å². The standard InChI is InChI=1S/C23H30N2OS/c1-17-13-15-25(16-14-17)21-11-9-20(10-12-21)18(2)24-23(26)19(3)27-22-7-5-4-6-8-22/h4-12,17-19H,13-16H2,1-3H3,(H,24,26). The van der Waals surface area contributed by atoms with Crippen molar-refractivity contribution in [3.8, 4) is 0 Å². The molecule has 1 aliphatic rings. The molecule has 1 fully saturated rings. The Kier molecular flexibility index (Phi) is 6.84. The number of amides is 1. The molecule has 144 valence electrons. The second-order valence-electron chi connectivity index (χ2n) is 7.56. The lowest BCUT2D eigenvalue weighted by Gasteiger charge is -2.32. The Balaban J connectivity index is 1.54. The van der Waals surface area contributed by atoms with E-state index < -0.39 is 0 Å². The Labute approximate surface area is 167 Å². The molecule has 27 heavy (non-hydrogen) atoms. The summed E-state index contributed by atoms with van der Waals surface area (Å²) in [7, 11) is 0. The Morgan fingerprint density at radius 3 is 2.30 bits per heavy atom. The van der Waals surface area contributed by atoms with Crippen LogP contribution in [-0.4, -0.2) is 24.2 Å². The van der Waals surface area contributed by atoms with Crippen LogP contribution in [0.5, 0.6) is 0 Å². The van der Waals surface area contributed by atoms with Crippen molar-refractivity contribution in [2.75, 3.05) is 18.0 Å². The van der Waals surface area contributed by atoms with Crippen molar-refractivity contribution in [2.24, 2.45) is 5.92 Å². The van der Waals surface area contributed by atoms with Gasteiger partial charge >= 0.3 is 0 Å². The molecule has 0 spiro atoms. The summed E-state index contributed by atoms with van der Waals surface area (Å²) >= 11 is 1.59. The first-order valence-corrected chi connectivity index (χ1v) is 10.8. The third-order valence-corrected chi connectivity index (χ3v) is 6.44. The fraction of sp³-hybridized carbons (Fsp3) is 0.435. The van der Waals surface area contributed by atoms with Gasteiger partial charge in [0.05, 0.1) is 11.3 Å². The maximum absolute atomic E-state index is 12.5. The van der Waals surface area contributed by atoms with Crippen molar-refractivity contribution in [3.63, 3.8) is 0 Å². The van der Waals surface area contributed by atoms with Crippen molar-refractivity contribution in [2.45, 2.75) is 49.8 Å². The van der Waals surface area contributed by atoms with Gasteiger partial charge in [-0.1, -0.05) is 37.3 Å². The zero-order valence-corrected chi connectivity index (χ0v) is 17.3. The Morgan fingerprint density at radius 1 is 1.04 bits per heavy atom. The lowest BCUT2D eigenvalue weighted by Crippen LogP contribution is -2.33. The summed E-state index contributed by atoms with van der Waals surface area (Å²) < 4.78 is 0. The number of nitrogens with zero attached hydrogens (tertiary/aromatic N) is 1. The molecule has 0 aliphatic carbocycles. The minimum atomic E-state index is -0.121. The quantitative estimate of drug-likeness (QED) is 0.690. The molecule has 2 atom stereocenters. The minimum Gasteiger partial charge on any atom is -0.372 e. The van der Waals surface area contributed by atoms with E-state index in [2.05, 4.69) is 48.3 Å². The van der Waals surface area contributed by atoms with Gasteiger partial charge in [0.15, 0.2) is 0 Å². The molecule has 1 amide bonds. The van der Waals surface area contributed by atoms with Crippen LogP contribution < -0.4 is 10.2 Å². The lowest BCUT2D eigenvalue weighted by atomic mass is 9.98. The molecule has 1 heterocycles. The summed E-state index contributed by atoms with van der Waals surface area (Å²) in [4.78, 5) is 16.1. The summed E-state index contributed by atoms with van der Waals surface area (Å²) in [5, 5.41) is 3.03. The van der Waals surface area contributed by atoms with Gasteiger partial charge in [-0.25, -0.2) is 0 Å². The van der Waals surface area contributed by atoms with Crippen LogP contribution >= 0.6 is 11.8 Å². The Hall–Kier alpha value is -1.94. The molecule has 2 aromatic rings. The first-order chi connectivity index (χ1) is 13.0. The molecule has 2 unspecified atom stereocenters. The molecule has 0 aromatic heterocycles. The fourth-order valence-electron chi connectivity index (χ4n) is 3.41. The van der Waals surface area contributed by atoms with Crippen molar-refractivity contribution in [3.05, 3.63) is 60.2 Å². The van der Waals surface area contributed by atoms with Crippen LogP contribution in [-0.2, 0) is 4.79 Å². The second kappa shape index (κ2) is 9.32. The topological polar surface area (TPSA) is 32.3 Å². The lowest BCUT2D eigenvalue weighted by molar-refractivity contribution is -0.120. The summed E-state index contributed by atoms with van der Waals surface area (Å²) in [6.45, 7) is 8.62. The fourth-order valence-corrected chi connectivity index (χ4v) is 4.31. The maximum atomic E-state index is 12.5. The van der Waals surface area contributed by atoms with Gasteiger partial charge in [-0.3, -0.25) is 4.79 Å². The van der Waals surface area contributed by atoms with E-state index in [0.717, 1.165) is 29.5 Å². The monoisotopic (exact) mass is 382 g/mol.